The first-order valence-corrected chi connectivity index (χ1v) is 11.6. The highest BCUT2D eigenvalue weighted by Gasteiger charge is 2.22. The molecule has 0 bridgehead atoms. The number of nitrogens with zero attached hydrogens (tertiary/aromatic N) is 4. The Morgan fingerprint density at radius 2 is 2.11 bits per heavy atom. The second-order valence-electron chi connectivity index (χ2n) is 7.28. The second kappa shape index (κ2) is 7.04. The first kappa shape index (κ1) is 17.9. The van der Waals surface area contributed by atoms with Crippen LogP contribution in [0.3, 0.4) is 0 Å². The van der Waals surface area contributed by atoms with Gasteiger partial charge in [0.2, 0.25) is 0 Å². The molecule has 0 spiro atoms. The molecule has 0 saturated heterocycles. The molecule has 4 aromatic heterocycles. The normalized spacial score (nSPS) is 14.1. The van der Waals surface area contributed by atoms with E-state index in [1.54, 1.807) is 23.1 Å². The molecule has 0 saturated carbocycles. The Labute approximate surface area is 171 Å². The van der Waals surface area contributed by atoms with Crippen molar-refractivity contribution in [3.05, 3.63) is 56.6 Å². The molecule has 0 aliphatic heterocycles. The molecule has 4 aromatic rings. The van der Waals surface area contributed by atoms with Crippen molar-refractivity contribution >= 4 is 39.0 Å². The average Bonchev–Trinajstić information content (AvgIpc) is 3.28. The van der Waals surface area contributed by atoms with Gasteiger partial charge in [-0.25, -0.2) is 9.97 Å². The third-order valence-corrected chi connectivity index (χ3v) is 7.63. The SMILES string of the molecule is CCn1c(SCc2cn3cccc(C)c3n2)nc2sc3c(c2c1=O)CCCC3. The zero-order chi connectivity index (χ0) is 19.3. The lowest BCUT2D eigenvalue weighted by Crippen LogP contribution is -2.23. The molecular formula is C21H22N4OS2. The van der Waals surface area contributed by atoms with E-state index in [4.69, 9.17) is 9.97 Å². The van der Waals surface area contributed by atoms with E-state index in [1.807, 2.05) is 23.8 Å². The summed E-state index contributed by atoms with van der Waals surface area (Å²) >= 11 is 3.32. The van der Waals surface area contributed by atoms with E-state index in [2.05, 4.69) is 23.6 Å². The van der Waals surface area contributed by atoms with E-state index in [-0.39, 0.29) is 5.56 Å². The summed E-state index contributed by atoms with van der Waals surface area (Å²) in [5.41, 5.74) is 4.54. The lowest BCUT2D eigenvalue weighted by atomic mass is 9.97. The monoisotopic (exact) mass is 410 g/mol. The van der Waals surface area contributed by atoms with Crippen molar-refractivity contribution in [1.29, 1.82) is 0 Å². The maximum absolute atomic E-state index is 13.2. The van der Waals surface area contributed by atoms with Crippen LogP contribution in [0.5, 0.6) is 0 Å². The van der Waals surface area contributed by atoms with Gasteiger partial charge in [-0.15, -0.1) is 11.3 Å². The van der Waals surface area contributed by atoms with E-state index < -0.39 is 0 Å². The van der Waals surface area contributed by atoms with Gasteiger partial charge in [0.1, 0.15) is 10.5 Å². The molecule has 0 radical (unpaired) electrons. The minimum absolute atomic E-state index is 0.125. The third-order valence-electron chi connectivity index (χ3n) is 5.43. The lowest BCUT2D eigenvalue weighted by Gasteiger charge is -2.11. The summed E-state index contributed by atoms with van der Waals surface area (Å²) in [7, 11) is 0. The van der Waals surface area contributed by atoms with E-state index in [1.165, 1.54) is 23.3 Å². The van der Waals surface area contributed by atoms with Crippen LogP contribution >= 0.6 is 23.1 Å². The Balaban J connectivity index is 1.52. The van der Waals surface area contributed by atoms with Crippen LogP contribution in [-0.4, -0.2) is 18.9 Å². The molecule has 144 valence electrons. The molecule has 0 atom stereocenters. The summed E-state index contributed by atoms with van der Waals surface area (Å²) in [5, 5.41) is 1.67. The van der Waals surface area contributed by atoms with Gasteiger partial charge in [0.25, 0.3) is 5.56 Å². The van der Waals surface area contributed by atoms with Crippen LogP contribution in [0, 0.1) is 6.92 Å². The number of imidazole rings is 1. The summed E-state index contributed by atoms with van der Waals surface area (Å²) in [4.78, 5) is 25.1. The van der Waals surface area contributed by atoms with E-state index in [9.17, 15) is 4.79 Å². The summed E-state index contributed by atoms with van der Waals surface area (Å²) < 4.78 is 3.89. The van der Waals surface area contributed by atoms with Crippen LogP contribution in [0.25, 0.3) is 15.9 Å². The number of aryl methyl sites for hydroxylation is 3. The van der Waals surface area contributed by atoms with E-state index in [0.717, 1.165) is 45.1 Å². The Bertz CT molecular complexity index is 1250. The molecule has 0 fully saturated rings. The summed E-state index contributed by atoms with van der Waals surface area (Å²) in [6.07, 6.45) is 8.58. The van der Waals surface area contributed by atoms with Gasteiger partial charge in [0.15, 0.2) is 5.16 Å². The number of rotatable bonds is 4. The number of hydrogen-bond acceptors (Lipinski definition) is 5. The molecule has 7 heteroatoms. The van der Waals surface area contributed by atoms with Gasteiger partial charge < -0.3 is 4.40 Å². The number of thioether (sulfide) groups is 1. The van der Waals surface area contributed by atoms with E-state index in [0.29, 0.717) is 12.3 Å². The van der Waals surface area contributed by atoms with Gasteiger partial charge >= 0.3 is 0 Å². The van der Waals surface area contributed by atoms with Gasteiger partial charge in [0.05, 0.1) is 11.1 Å². The fourth-order valence-corrected chi connectivity index (χ4v) is 6.27. The summed E-state index contributed by atoms with van der Waals surface area (Å²) in [6.45, 7) is 4.73. The van der Waals surface area contributed by atoms with Crippen LogP contribution in [0.4, 0.5) is 0 Å². The van der Waals surface area contributed by atoms with Crippen molar-refractivity contribution < 1.29 is 0 Å². The lowest BCUT2D eigenvalue weighted by molar-refractivity contribution is 0.633. The molecule has 0 aromatic carbocycles. The zero-order valence-electron chi connectivity index (χ0n) is 16.1. The molecule has 1 aliphatic carbocycles. The number of hydrogen-bond donors (Lipinski definition) is 0. The van der Waals surface area contributed by atoms with Crippen molar-refractivity contribution in [3.63, 3.8) is 0 Å². The molecule has 5 rings (SSSR count). The molecule has 4 heterocycles. The van der Waals surface area contributed by atoms with Crippen LogP contribution in [0.2, 0.25) is 0 Å². The fraction of sp³-hybridized carbons (Fsp3) is 0.381. The Kier molecular flexibility index (Phi) is 4.51. The van der Waals surface area contributed by atoms with Crippen molar-refractivity contribution in [2.24, 2.45) is 0 Å². The van der Waals surface area contributed by atoms with Crippen molar-refractivity contribution in [2.75, 3.05) is 0 Å². The molecular weight excluding hydrogens is 388 g/mol. The Morgan fingerprint density at radius 1 is 1.25 bits per heavy atom. The highest BCUT2D eigenvalue weighted by Crippen LogP contribution is 2.35. The molecule has 0 unspecified atom stereocenters. The molecule has 1 aliphatic rings. The number of fused-ring (bicyclic) bond motifs is 4. The molecule has 0 amide bonds. The topological polar surface area (TPSA) is 52.2 Å². The largest absolute Gasteiger partial charge is 0.307 e. The van der Waals surface area contributed by atoms with Gasteiger partial charge in [0, 0.05) is 29.6 Å². The average molecular weight is 411 g/mol. The van der Waals surface area contributed by atoms with E-state index >= 15 is 0 Å². The molecule has 5 nitrogen and oxygen atoms in total. The van der Waals surface area contributed by atoms with Gasteiger partial charge in [-0.3, -0.25) is 9.36 Å². The molecule has 0 N–H and O–H groups in total. The molecule has 28 heavy (non-hydrogen) atoms. The summed E-state index contributed by atoms with van der Waals surface area (Å²) in [5.74, 6) is 0.699. The zero-order valence-corrected chi connectivity index (χ0v) is 17.7. The quantitative estimate of drug-likeness (QED) is 0.364. The summed E-state index contributed by atoms with van der Waals surface area (Å²) in [6, 6.07) is 4.10. The standard InChI is InChI=1S/C21H22N4OS2/c1-3-25-20(26)17-15-8-4-5-9-16(15)28-19(17)23-21(25)27-12-14-11-24-10-6-7-13(2)18(24)22-14/h6-7,10-11H,3-5,8-9,12H2,1-2H3. The van der Waals surface area contributed by atoms with Crippen LogP contribution in [0.1, 0.15) is 41.5 Å². The van der Waals surface area contributed by atoms with Crippen LogP contribution < -0.4 is 5.56 Å². The smallest absolute Gasteiger partial charge is 0.263 e. The first-order chi connectivity index (χ1) is 13.7. The fourth-order valence-electron chi connectivity index (χ4n) is 4.02. The second-order valence-corrected chi connectivity index (χ2v) is 9.30. The minimum atomic E-state index is 0.125. The van der Waals surface area contributed by atoms with Gasteiger partial charge in [-0.2, -0.15) is 0 Å². The Hall–Kier alpha value is -2.12. The first-order valence-electron chi connectivity index (χ1n) is 9.76. The number of pyridine rings is 1. The van der Waals surface area contributed by atoms with Crippen LogP contribution in [-0.2, 0) is 25.1 Å². The van der Waals surface area contributed by atoms with Crippen molar-refractivity contribution in [3.8, 4) is 0 Å². The maximum Gasteiger partial charge on any atom is 0.263 e. The Morgan fingerprint density at radius 3 is 2.93 bits per heavy atom. The third kappa shape index (κ3) is 2.88. The maximum atomic E-state index is 13.2. The predicted octanol–water partition coefficient (Wildman–Crippen LogP) is 4.61. The predicted molar refractivity (Wildman–Crippen MR) is 116 cm³/mol. The highest BCUT2D eigenvalue weighted by atomic mass is 32.2. The van der Waals surface area contributed by atoms with Crippen LogP contribution in [0.15, 0.2) is 34.5 Å². The van der Waals surface area contributed by atoms with Gasteiger partial charge in [-0.05, 0) is 56.7 Å². The van der Waals surface area contributed by atoms with Gasteiger partial charge in [-0.1, -0.05) is 17.8 Å². The van der Waals surface area contributed by atoms with Crippen molar-refractivity contribution in [1.82, 2.24) is 18.9 Å². The minimum Gasteiger partial charge on any atom is -0.307 e. The number of aromatic nitrogens is 4. The van der Waals surface area contributed by atoms with Crippen molar-refractivity contribution in [2.45, 2.75) is 57.0 Å². The number of thiophene rings is 1. The highest BCUT2D eigenvalue weighted by molar-refractivity contribution is 7.98.